The highest BCUT2D eigenvalue weighted by Crippen LogP contribution is 2.42. The average molecular weight is 343 g/mol. The van der Waals surface area contributed by atoms with Crippen molar-refractivity contribution in [3.05, 3.63) is 12.5 Å². The molecule has 1 saturated carbocycles. The van der Waals surface area contributed by atoms with Crippen LogP contribution in [0.2, 0.25) is 0 Å². The molecule has 1 spiro atoms. The van der Waals surface area contributed by atoms with Crippen LogP contribution in [-0.4, -0.2) is 44.0 Å². The first-order valence-corrected chi connectivity index (χ1v) is 9.34. The molecule has 25 heavy (non-hydrogen) atoms. The Labute approximate surface area is 149 Å². The van der Waals surface area contributed by atoms with E-state index in [0.29, 0.717) is 0 Å². The van der Waals surface area contributed by atoms with Crippen LogP contribution >= 0.6 is 0 Å². The molecule has 0 amide bonds. The first kappa shape index (κ1) is 16.8. The van der Waals surface area contributed by atoms with Crippen molar-refractivity contribution in [1.29, 1.82) is 0 Å². The van der Waals surface area contributed by atoms with Crippen molar-refractivity contribution >= 4 is 16.9 Å². The lowest BCUT2D eigenvalue weighted by Crippen LogP contribution is -2.59. The number of hydrogen-bond donors (Lipinski definition) is 0. The van der Waals surface area contributed by atoms with E-state index in [9.17, 15) is 0 Å². The zero-order valence-electron chi connectivity index (χ0n) is 16.0. The molecule has 6 nitrogen and oxygen atoms in total. The van der Waals surface area contributed by atoms with Gasteiger partial charge in [-0.05, 0) is 47.5 Å². The lowest BCUT2D eigenvalue weighted by atomic mass is 9.94. The van der Waals surface area contributed by atoms with Gasteiger partial charge in [-0.2, -0.15) is 5.10 Å². The second-order valence-corrected chi connectivity index (χ2v) is 9.27. The van der Waals surface area contributed by atoms with Gasteiger partial charge in [0.2, 0.25) is 0 Å². The SMILES string of the molecule is CC1(C)CN(c2ncnc3c2cnn3C(C)(C)C)CC2(CCCC2)O1. The van der Waals surface area contributed by atoms with E-state index in [1.807, 2.05) is 10.9 Å². The smallest absolute Gasteiger partial charge is 0.163 e. The van der Waals surface area contributed by atoms with Gasteiger partial charge >= 0.3 is 0 Å². The van der Waals surface area contributed by atoms with E-state index >= 15 is 0 Å². The zero-order chi connectivity index (χ0) is 17.9. The molecular formula is C19H29N5O. The fraction of sp³-hybridized carbons (Fsp3) is 0.737. The summed E-state index contributed by atoms with van der Waals surface area (Å²) >= 11 is 0. The van der Waals surface area contributed by atoms with Crippen molar-refractivity contribution in [3.63, 3.8) is 0 Å². The van der Waals surface area contributed by atoms with E-state index in [-0.39, 0.29) is 16.7 Å². The number of aromatic nitrogens is 4. The number of hydrogen-bond acceptors (Lipinski definition) is 5. The standard InChI is InChI=1S/C19H29N5O/c1-17(2,3)24-16-14(10-22-24)15(20-13-21-16)23-11-18(4,5)25-19(12-23)8-6-7-9-19/h10,13H,6-9,11-12H2,1-5H3. The molecule has 2 aliphatic rings. The molecule has 6 heteroatoms. The summed E-state index contributed by atoms with van der Waals surface area (Å²) in [6.45, 7) is 12.6. The lowest BCUT2D eigenvalue weighted by Gasteiger charge is -2.49. The minimum Gasteiger partial charge on any atom is -0.365 e. The Morgan fingerprint density at radius 2 is 1.80 bits per heavy atom. The average Bonchev–Trinajstić information content (AvgIpc) is 3.11. The first-order valence-electron chi connectivity index (χ1n) is 9.34. The molecule has 3 heterocycles. The van der Waals surface area contributed by atoms with Crippen molar-refractivity contribution in [2.45, 2.75) is 77.0 Å². The van der Waals surface area contributed by atoms with Crippen molar-refractivity contribution < 1.29 is 4.74 Å². The predicted molar refractivity (Wildman–Crippen MR) is 98.9 cm³/mol. The maximum Gasteiger partial charge on any atom is 0.163 e. The number of nitrogens with zero attached hydrogens (tertiary/aromatic N) is 5. The zero-order valence-corrected chi connectivity index (χ0v) is 16.0. The Kier molecular flexibility index (Phi) is 3.62. The summed E-state index contributed by atoms with van der Waals surface area (Å²) in [5, 5.41) is 5.63. The fourth-order valence-electron chi connectivity index (χ4n) is 4.52. The van der Waals surface area contributed by atoms with Gasteiger partial charge in [0.25, 0.3) is 0 Å². The van der Waals surface area contributed by atoms with Crippen LogP contribution in [0.1, 0.15) is 60.3 Å². The first-order chi connectivity index (χ1) is 11.7. The summed E-state index contributed by atoms with van der Waals surface area (Å²) in [7, 11) is 0. The van der Waals surface area contributed by atoms with Crippen LogP contribution < -0.4 is 4.90 Å². The molecule has 2 aromatic rings. The normalized spacial score (nSPS) is 22.8. The third kappa shape index (κ3) is 2.90. The molecule has 1 aliphatic heterocycles. The van der Waals surface area contributed by atoms with Gasteiger partial charge in [0.15, 0.2) is 5.65 Å². The molecule has 0 aromatic carbocycles. The summed E-state index contributed by atoms with van der Waals surface area (Å²) in [5.74, 6) is 0.989. The molecule has 2 fully saturated rings. The maximum atomic E-state index is 6.54. The van der Waals surface area contributed by atoms with Gasteiger partial charge in [-0.1, -0.05) is 12.8 Å². The van der Waals surface area contributed by atoms with E-state index in [1.165, 1.54) is 12.8 Å². The predicted octanol–water partition coefficient (Wildman–Crippen LogP) is 3.51. The molecule has 4 rings (SSSR count). The molecule has 0 N–H and O–H groups in total. The number of fused-ring (bicyclic) bond motifs is 1. The maximum absolute atomic E-state index is 6.54. The van der Waals surface area contributed by atoms with E-state index in [0.717, 1.165) is 42.8 Å². The van der Waals surface area contributed by atoms with Crippen LogP contribution in [-0.2, 0) is 10.3 Å². The van der Waals surface area contributed by atoms with Gasteiger partial charge < -0.3 is 9.64 Å². The van der Waals surface area contributed by atoms with Gasteiger partial charge in [0, 0.05) is 13.1 Å². The molecule has 1 saturated heterocycles. The number of ether oxygens (including phenoxy) is 1. The van der Waals surface area contributed by atoms with Crippen LogP contribution in [0.25, 0.3) is 11.0 Å². The summed E-state index contributed by atoms with van der Waals surface area (Å²) in [6.07, 6.45) is 8.38. The Bertz CT molecular complexity index is 783. The van der Waals surface area contributed by atoms with E-state index in [2.05, 4.69) is 54.6 Å². The van der Waals surface area contributed by atoms with E-state index in [4.69, 9.17) is 4.74 Å². The fourth-order valence-corrected chi connectivity index (χ4v) is 4.52. The molecule has 136 valence electrons. The Hall–Kier alpha value is -1.69. The number of anilines is 1. The monoisotopic (exact) mass is 343 g/mol. The van der Waals surface area contributed by atoms with Crippen molar-refractivity contribution in [3.8, 4) is 0 Å². The van der Waals surface area contributed by atoms with Crippen LogP contribution in [0.5, 0.6) is 0 Å². The van der Waals surface area contributed by atoms with Crippen LogP contribution in [0.15, 0.2) is 12.5 Å². The third-order valence-electron chi connectivity index (χ3n) is 5.34. The van der Waals surface area contributed by atoms with Gasteiger partial charge in [0.1, 0.15) is 12.1 Å². The molecule has 0 bridgehead atoms. The van der Waals surface area contributed by atoms with Gasteiger partial charge in [0.05, 0.1) is 28.3 Å². The topological polar surface area (TPSA) is 56.1 Å². The molecule has 2 aromatic heterocycles. The highest BCUT2D eigenvalue weighted by Gasteiger charge is 2.46. The molecule has 0 unspecified atom stereocenters. The Morgan fingerprint density at radius 1 is 1.08 bits per heavy atom. The number of rotatable bonds is 1. The number of morpholine rings is 1. The van der Waals surface area contributed by atoms with Crippen molar-refractivity contribution in [2.24, 2.45) is 0 Å². The van der Waals surface area contributed by atoms with Crippen LogP contribution in [0.3, 0.4) is 0 Å². The largest absolute Gasteiger partial charge is 0.365 e. The van der Waals surface area contributed by atoms with Gasteiger partial charge in [-0.25, -0.2) is 14.6 Å². The van der Waals surface area contributed by atoms with Crippen LogP contribution in [0, 0.1) is 0 Å². The van der Waals surface area contributed by atoms with Gasteiger partial charge in [-0.15, -0.1) is 0 Å². The van der Waals surface area contributed by atoms with Crippen molar-refractivity contribution in [2.75, 3.05) is 18.0 Å². The highest BCUT2D eigenvalue weighted by atomic mass is 16.5. The molecule has 0 atom stereocenters. The quantitative estimate of drug-likeness (QED) is 0.793. The second-order valence-electron chi connectivity index (χ2n) is 9.27. The third-order valence-corrected chi connectivity index (χ3v) is 5.34. The minimum atomic E-state index is -0.181. The Balaban J connectivity index is 1.77. The van der Waals surface area contributed by atoms with Crippen molar-refractivity contribution in [1.82, 2.24) is 19.7 Å². The van der Waals surface area contributed by atoms with Gasteiger partial charge in [-0.3, -0.25) is 0 Å². The highest BCUT2D eigenvalue weighted by molar-refractivity contribution is 5.87. The molecular weight excluding hydrogens is 314 g/mol. The van der Waals surface area contributed by atoms with E-state index in [1.54, 1.807) is 6.33 Å². The van der Waals surface area contributed by atoms with E-state index < -0.39 is 0 Å². The minimum absolute atomic E-state index is 0.0287. The summed E-state index contributed by atoms with van der Waals surface area (Å²) in [5.41, 5.74) is 0.589. The Morgan fingerprint density at radius 3 is 2.48 bits per heavy atom. The molecule has 0 radical (unpaired) electrons. The molecule has 1 aliphatic carbocycles. The van der Waals surface area contributed by atoms with Crippen LogP contribution in [0.4, 0.5) is 5.82 Å². The summed E-state index contributed by atoms with van der Waals surface area (Å²) in [4.78, 5) is 11.6. The summed E-state index contributed by atoms with van der Waals surface area (Å²) in [6, 6.07) is 0. The summed E-state index contributed by atoms with van der Waals surface area (Å²) < 4.78 is 8.53. The second kappa shape index (κ2) is 5.40. The lowest BCUT2D eigenvalue weighted by molar-refractivity contribution is -0.148.